The summed E-state index contributed by atoms with van der Waals surface area (Å²) in [6, 6.07) is 11.4. The number of likely N-dealkylation sites (tertiary alicyclic amines) is 1. The number of hydrogen-bond acceptors (Lipinski definition) is 9. The molecule has 2 amide bonds. The molecular weight excluding hydrogens is 606 g/mol. The van der Waals surface area contributed by atoms with Crippen LogP contribution in [0.2, 0.25) is 0 Å². The molecule has 7 N–H and O–H groups in total. The van der Waals surface area contributed by atoms with Crippen LogP contribution >= 0.6 is 0 Å². The Balaban J connectivity index is 1.19. The fourth-order valence-electron chi connectivity index (χ4n) is 6.39. The number of nitrogens with two attached hydrogens (primary N) is 3. The Labute approximate surface area is 281 Å². The first-order chi connectivity index (χ1) is 23.0. The molecule has 1 atom stereocenters. The lowest BCUT2D eigenvalue weighted by molar-refractivity contribution is -0.132. The molecule has 252 valence electrons. The number of nitrogens with zero attached hydrogens (tertiary/aromatic N) is 7. The van der Waals surface area contributed by atoms with Crippen LogP contribution in [0.25, 0.3) is 11.3 Å². The van der Waals surface area contributed by atoms with Gasteiger partial charge in [-0.1, -0.05) is 30.3 Å². The van der Waals surface area contributed by atoms with Crippen LogP contribution in [0, 0.1) is 10.8 Å². The van der Waals surface area contributed by atoms with Crippen molar-refractivity contribution in [2.45, 2.75) is 39.2 Å². The van der Waals surface area contributed by atoms with Gasteiger partial charge in [-0.15, -0.1) is 0 Å². The van der Waals surface area contributed by atoms with Gasteiger partial charge in [0.2, 0.25) is 11.8 Å². The molecule has 3 aliphatic heterocycles. The molecule has 5 rings (SSSR count). The fraction of sp³-hybridized carbons (Fsp3) is 0.400. The molecule has 1 aromatic heterocycles. The Bertz CT molecular complexity index is 1710. The number of hydrogen-bond donors (Lipinski definition) is 4. The van der Waals surface area contributed by atoms with E-state index < -0.39 is 5.41 Å². The monoisotopic (exact) mass is 651 g/mol. The third-order valence-corrected chi connectivity index (χ3v) is 9.15. The number of aromatic nitrogens is 1. The van der Waals surface area contributed by atoms with E-state index >= 15 is 0 Å². The number of carbonyl (C=O) groups excluding carboxylic acids is 2. The molecule has 2 saturated heterocycles. The summed E-state index contributed by atoms with van der Waals surface area (Å²) >= 11 is 0. The zero-order valence-corrected chi connectivity index (χ0v) is 27.9. The first kappa shape index (κ1) is 34.2. The average Bonchev–Trinajstić information content (AvgIpc) is 3.65. The van der Waals surface area contributed by atoms with Crippen LogP contribution in [0.3, 0.4) is 0 Å². The SMILES string of the molecule is CN=CN=C(N)c1ccc(C2=CCN(C(=O)CN3CC[C@]4(CCN(c5ccc(N)c(/C(N)=C(/C=N)C=NC(C)C)n5)C4=O)C3)CC2)cc1. The number of benzene rings is 1. The van der Waals surface area contributed by atoms with Crippen molar-refractivity contribution in [3.05, 3.63) is 64.9 Å². The quantitative estimate of drug-likeness (QED) is 0.224. The van der Waals surface area contributed by atoms with E-state index in [1.807, 2.05) is 43.0 Å². The van der Waals surface area contributed by atoms with Crippen LogP contribution in [-0.2, 0) is 9.59 Å². The molecule has 4 heterocycles. The van der Waals surface area contributed by atoms with Crippen LogP contribution in [-0.4, -0.2) is 104 Å². The normalized spacial score (nSPS) is 21.2. The topological polar surface area (TPSA) is 196 Å². The van der Waals surface area contributed by atoms with Crippen LogP contribution in [0.5, 0.6) is 0 Å². The molecule has 0 radical (unpaired) electrons. The van der Waals surface area contributed by atoms with Gasteiger partial charge < -0.3 is 27.5 Å². The number of allylic oxidation sites excluding steroid dienone is 1. The van der Waals surface area contributed by atoms with Crippen molar-refractivity contribution in [2.75, 3.05) is 56.9 Å². The Kier molecular flexibility index (Phi) is 10.5. The van der Waals surface area contributed by atoms with Crippen molar-refractivity contribution in [3.8, 4) is 0 Å². The lowest BCUT2D eigenvalue weighted by atomic mass is 9.85. The van der Waals surface area contributed by atoms with Gasteiger partial charge in [-0.3, -0.25) is 29.4 Å². The number of pyridine rings is 1. The van der Waals surface area contributed by atoms with Gasteiger partial charge >= 0.3 is 0 Å². The third-order valence-electron chi connectivity index (χ3n) is 9.15. The molecular formula is C35H45N11O2. The van der Waals surface area contributed by atoms with Crippen LogP contribution in [0.1, 0.15) is 49.9 Å². The van der Waals surface area contributed by atoms with E-state index in [1.54, 1.807) is 30.3 Å². The highest BCUT2D eigenvalue weighted by molar-refractivity contribution is 6.11. The van der Waals surface area contributed by atoms with Crippen molar-refractivity contribution >= 4 is 59.2 Å². The van der Waals surface area contributed by atoms with E-state index in [9.17, 15) is 9.59 Å². The summed E-state index contributed by atoms with van der Waals surface area (Å²) in [6.07, 6.45) is 8.32. The number of aliphatic imine (C=N–C) groups is 3. The highest BCUT2D eigenvalue weighted by Gasteiger charge is 2.51. The first-order valence-corrected chi connectivity index (χ1v) is 16.2. The third kappa shape index (κ3) is 7.36. The largest absolute Gasteiger partial charge is 0.397 e. The zero-order valence-electron chi connectivity index (χ0n) is 27.9. The average molecular weight is 652 g/mol. The molecule has 13 heteroatoms. The van der Waals surface area contributed by atoms with Gasteiger partial charge in [-0.25, -0.2) is 9.98 Å². The number of nitrogen functional groups attached to an aromatic ring is 1. The number of rotatable bonds is 10. The Morgan fingerprint density at radius 2 is 1.85 bits per heavy atom. The lowest BCUT2D eigenvalue weighted by Gasteiger charge is -2.29. The highest BCUT2D eigenvalue weighted by atomic mass is 16.2. The Hall–Kier alpha value is -5.17. The van der Waals surface area contributed by atoms with Crippen LogP contribution in [0.4, 0.5) is 11.5 Å². The lowest BCUT2D eigenvalue weighted by Crippen LogP contribution is -2.43. The minimum Gasteiger partial charge on any atom is -0.397 e. The van der Waals surface area contributed by atoms with Crippen molar-refractivity contribution in [2.24, 2.45) is 31.9 Å². The van der Waals surface area contributed by atoms with E-state index in [0.717, 1.165) is 23.8 Å². The molecule has 1 aromatic carbocycles. The maximum absolute atomic E-state index is 13.9. The minimum atomic E-state index is -0.562. The van der Waals surface area contributed by atoms with Crippen molar-refractivity contribution in [1.82, 2.24) is 14.8 Å². The number of nitrogens with one attached hydrogen (secondary N) is 1. The predicted octanol–water partition coefficient (Wildman–Crippen LogP) is 2.57. The van der Waals surface area contributed by atoms with E-state index in [1.165, 1.54) is 11.9 Å². The van der Waals surface area contributed by atoms with Crippen LogP contribution in [0.15, 0.2) is 63.0 Å². The smallest absolute Gasteiger partial charge is 0.237 e. The van der Waals surface area contributed by atoms with E-state index in [0.29, 0.717) is 74.2 Å². The number of amides is 2. The van der Waals surface area contributed by atoms with Gasteiger partial charge in [-0.05, 0) is 62.9 Å². The number of anilines is 2. The summed E-state index contributed by atoms with van der Waals surface area (Å²) in [5.74, 6) is 0.946. The van der Waals surface area contributed by atoms with E-state index in [-0.39, 0.29) is 30.1 Å². The number of carbonyl (C=O) groups is 2. The second-order valence-electron chi connectivity index (χ2n) is 12.7. The van der Waals surface area contributed by atoms with Gasteiger partial charge in [-0.2, -0.15) is 0 Å². The Morgan fingerprint density at radius 3 is 2.52 bits per heavy atom. The molecule has 48 heavy (non-hydrogen) atoms. The summed E-state index contributed by atoms with van der Waals surface area (Å²) in [5.41, 5.74) is 22.5. The summed E-state index contributed by atoms with van der Waals surface area (Å²) < 4.78 is 0. The summed E-state index contributed by atoms with van der Waals surface area (Å²) in [5, 5.41) is 7.80. The van der Waals surface area contributed by atoms with Gasteiger partial charge in [0.15, 0.2) is 0 Å². The second-order valence-corrected chi connectivity index (χ2v) is 12.7. The van der Waals surface area contributed by atoms with Gasteiger partial charge in [0.05, 0.1) is 23.3 Å². The molecule has 0 unspecified atom stereocenters. The van der Waals surface area contributed by atoms with Gasteiger partial charge in [0.1, 0.15) is 23.7 Å². The molecule has 1 spiro atoms. The van der Waals surface area contributed by atoms with E-state index in [2.05, 4.69) is 30.9 Å². The number of amidine groups is 1. The van der Waals surface area contributed by atoms with Gasteiger partial charge in [0.25, 0.3) is 0 Å². The summed E-state index contributed by atoms with van der Waals surface area (Å²) in [6.45, 7) is 7.04. The first-order valence-electron chi connectivity index (χ1n) is 16.2. The molecule has 0 aliphatic carbocycles. The summed E-state index contributed by atoms with van der Waals surface area (Å²) in [7, 11) is 1.64. The molecule has 3 aliphatic rings. The zero-order chi connectivity index (χ0) is 34.4. The second kappa shape index (κ2) is 14.7. The predicted molar refractivity (Wildman–Crippen MR) is 193 cm³/mol. The van der Waals surface area contributed by atoms with Crippen molar-refractivity contribution in [1.29, 1.82) is 5.41 Å². The van der Waals surface area contributed by atoms with Crippen molar-refractivity contribution in [3.63, 3.8) is 0 Å². The molecule has 2 aromatic rings. The maximum Gasteiger partial charge on any atom is 0.237 e. The Morgan fingerprint density at radius 1 is 1.10 bits per heavy atom. The molecule has 0 saturated carbocycles. The van der Waals surface area contributed by atoms with Crippen LogP contribution < -0.4 is 22.1 Å². The summed E-state index contributed by atoms with van der Waals surface area (Å²) in [4.78, 5) is 49.8. The maximum atomic E-state index is 13.9. The van der Waals surface area contributed by atoms with Crippen molar-refractivity contribution < 1.29 is 9.59 Å². The van der Waals surface area contributed by atoms with E-state index in [4.69, 9.17) is 22.6 Å². The minimum absolute atomic E-state index is 0.0000383. The highest BCUT2D eigenvalue weighted by Crippen LogP contribution is 2.42. The molecule has 2 fully saturated rings. The molecule has 0 bridgehead atoms. The fourth-order valence-corrected chi connectivity index (χ4v) is 6.39. The standard InChI is InChI=1S/C35H45N11O2/c1-23(2)41-19-27(18-36)31(38)32-28(37)8-9-29(43-32)46-17-13-35(34(46)48)12-16-44(21-35)20-30(47)45-14-10-25(11-15-45)24-4-6-26(7-5-24)33(39)42-22-40-3/h4-10,18-19,22-23,36H,11-17,20-21,37-38H2,1-3H3,(H2,39,40,42)/b31-27+,36-18?,41-19?/t35-/m0/s1. The molecule has 13 nitrogen and oxygen atoms in total. The van der Waals surface area contributed by atoms with Gasteiger partial charge in [0, 0.05) is 62.8 Å².